The van der Waals surface area contributed by atoms with Crippen LogP contribution in [0.5, 0.6) is 5.75 Å². The Morgan fingerprint density at radius 3 is 2.72 bits per heavy atom. The maximum atomic E-state index is 12.9. The van der Waals surface area contributed by atoms with Crippen LogP contribution < -0.4 is 10.1 Å². The van der Waals surface area contributed by atoms with E-state index in [-0.39, 0.29) is 12.1 Å². The first kappa shape index (κ1) is 18.5. The SMILES string of the molecule is O=C(N[C@@H]1COc2cccc(CN3CCCC3)c2C1)N1CCc2ccccc2C1. The van der Waals surface area contributed by atoms with Gasteiger partial charge in [0, 0.05) is 25.2 Å². The molecule has 1 N–H and O–H groups in total. The maximum Gasteiger partial charge on any atom is 0.318 e. The maximum absolute atomic E-state index is 12.9. The summed E-state index contributed by atoms with van der Waals surface area (Å²) in [5, 5.41) is 3.23. The molecule has 0 saturated carbocycles. The Labute approximate surface area is 172 Å². The average Bonchev–Trinajstić information content (AvgIpc) is 3.27. The predicted molar refractivity (Wildman–Crippen MR) is 113 cm³/mol. The summed E-state index contributed by atoms with van der Waals surface area (Å²) in [6, 6.07) is 14.8. The van der Waals surface area contributed by atoms with Crippen molar-refractivity contribution in [3.8, 4) is 5.75 Å². The van der Waals surface area contributed by atoms with Crippen molar-refractivity contribution >= 4 is 6.03 Å². The summed E-state index contributed by atoms with van der Waals surface area (Å²) in [5.74, 6) is 0.985. The number of amides is 2. The second kappa shape index (κ2) is 8.07. The highest BCUT2D eigenvalue weighted by molar-refractivity contribution is 5.75. The molecule has 3 aliphatic rings. The van der Waals surface area contributed by atoms with E-state index < -0.39 is 0 Å². The fourth-order valence-corrected chi connectivity index (χ4v) is 4.83. The largest absolute Gasteiger partial charge is 0.491 e. The minimum absolute atomic E-state index is 0.0203. The molecular weight excluding hydrogens is 362 g/mol. The second-order valence-corrected chi connectivity index (χ2v) is 8.48. The third-order valence-corrected chi connectivity index (χ3v) is 6.46. The van der Waals surface area contributed by atoms with E-state index in [1.165, 1.54) is 48.2 Å². The first-order valence-electron chi connectivity index (χ1n) is 10.8. The molecule has 3 aliphatic heterocycles. The number of likely N-dealkylation sites (tertiary alicyclic amines) is 1. The van der Waals surface area contributed by atoms with Gasteiger partial charge in [-0.2, -0.15) is 0 Å². The van der Waals surface area contributed by atoms with Crippen molar-refractivity contribution in [2.24, 2.45) is 0 Å². The van der Waals surface area contributed by atoms with Crippen LogP contribution in [-0.2, 0) is 25.9 Å². The van der Waals surface area contributed by atoms with E-state index in [2.05, 4.69) is 46.6 Å². The molecule has 5 rings (SSSR count). The van der Waals surface area contributed by atoms with Gasteiger partial charge >= 0.3 is 6.03 Å². The lowest BCUT2D eigenvalue weighted by molar-refractivity contribution is 0.176. The lowest BCUT2D eigenvalue weighted by Crippen LogP contribution is -2.50. The van der Waals surface area contributed by atoms with Crippen molar-refractivity contribution in [1.29, 1.82) is 0 Å². The molecule has 29 heavy (non-hydrogen) atoms. The minimum Gasteiger partial charge on any atom is -0.491 e. The van der Waals surface area contributed by atoms with Gasteiger partial charge in [0.1, 0.15) is 12.4 Å². The van der Waals surface area contributed by atoms with E-state index in [1.54, 1.807) is 0 Å². The van der Waals surface area contributed by atoms with Gasteiger partial charge in [0.05, 0.1) is 6.04 Å². The zero-order valence-corrected chi connectivity index (χ0v) is 16.9. The fraction of sp³-hybridized carbons (Fsp3) is 0.458. The third-order valence-electron chi connectivity index (χ3n) is 6.46. The van der Waals surface area contributed by atoms with Crippen molar-refractivity contribution in [3.63, 3.8) is 0 Å². The van der Waals surface area contributed by atoms with Crippen LogP contribution in [0.1, 0.15) is 35.1 Å². The number of urea groups is 1. The molecule has 5 heteroatoms. The molecular formula is C24H29N3O2. The quantitative estimate of drug-likeness (QED) is 0.873. The van der Waals surface area contributed by atoms with E-state index >= 15 is 0 Å². The second-order valence-electron chi connectivity index (χ2n) is 8.48. The monoisotopic (exact) mass is 391 g/mol. The van der Waals surface area contributed by atoms with Crippen molar-refractivity contribution in [2.75, 3.05) is 26.2 Å². The van der Waals surface area contributed by atoms with Gasteiger partial charge < -0.3 is 15.0 Å². The molecule has 0 radical (unpaired) electrons. The van der Waals surface area contributed by atoms with Gasteiger partial charge in [0.2, 0.25) is 0 Å². The van der Waals surface area contributed by atoms with E-state index in [0.717, 1.165) is 31.7 Å². The zero-order chi connectivity index (χ0) is 19.6. The summed E-state index contributed by atoms with van der Waals surface area (Å²) in [6.45, 7) is 5.34. The molecule has 1 atom stereocenters. The van der Waals surface area contributed by atoms with Gasteiger partial charge in [-0.1, -0.05) is 36.4 Å². The summed E-state index contributed by atoms with van der Waals surface area (Å²) >= 11 is 0. The number of nitrogens with zero attached hydrogens (tertiary/aromatic N) is 2. The number of carbonyl (C=O) groups excluding carboxylic acids is 1. The van der Waals surface area contributed by atoms with Gasteiger partial charge in [-0.25, -0.2) is 4.79 Å². The standard InChI is InChI=1S/C24H29N3O2/c28-24(27-13-10-18-6-1-2-7-19(18)16-27)25-21-14-22-20(15-26-11-3-4-12-26)8-5-9-23(22)29-17-21/h1-2,5-9,21H,3-4,10-17H2,(H,25,28)/t21-/m0/s1. The van der Waals surface area contributed by atoms with Gasteiger partial charge in [0.25, 0.3) is 0 Å². The molecule has 0 spiro atoms. The molecule has 152 valence electrons. The molecule has 5 nitrogen and oxygen atoms in total. The number of carbonyl (C=O) groups is 1. The highest BCUT2D eigenvalue weighted by Crippen LogP contribution is 2.29. The molecule has 1 saturated heterocycles. The van der Waals surface area contributed by atoms with Gasteiger partial charge in [-0.05, 0) is 61.5 Å². The molecule has 0 aromatic heterocycles. The summed E-state index contributed by atoms with van der Waals surface area (Å²) in [6.07, 6.45) is 4.36. The summed E-state index contributed by atoms with van der Waals surface area (Å²) in [4.78, 5) is 17.3. The van der Waals surface area contributed by atoms with E-state index in [4.69, 9.17) is 4.74 Å². The minimum atomic E-state index is 0.0203. The van der Waals surface area contributed by atoms with E-state index in [1.807, 2.05) is 11.0 Å². The molecule has 3 heterocycles. The van der Waals surface area contributed by atoms with E-state index in [0.29, 0.717) is 13.2 Å². The first-order chi connectivity index (χ1) is 14.3. The van der Waals surface area contributed by atoms with Crippen LogP contribution in [0.2, 0.25) is 0 Å². The highest BCUT2D eigenvalue weighted by atomic mass is 16.5. The highest BCUT2D eigenvalue weighted by Gasteiger charge is 2.27. The topological polar surface area (TPSA) is 44.8 Å². The number of hydrogen-bond acceptors (Lipinski definition) is 3. The fourth-order valence-electron chi connectivity index (χ4n) is 4.83. The molecule has 1 fully saturated rings. The Kier molecular flexibility index (Phi) is 5.15. The first-order valence-corrected chi connectivity index (χ1v) is 10.8. The zero-order valence-electron chi connectivity index (χ0n) is 16.9. The lowest BCUT2D eigenvalue weighted by atomic mass is 9.96. The average molecular weight is 392 g/mol. The molecule has 0 unspecified atom stereocenters. The van der Waals surface area contributed by atoms with Gasteiger partial charge in [-0.15, -0.1) is 0 Å². The predicted octanol–water partition coefficient (Wildman–Crippen LogP) is 3.35. The molecule has 0 aliphatic carbocycles. The molecule has 2 aromatic rings. The smallest absolute Gasteiger partial charge is 0.318 e. The Balaban J connectivity index is 1.24. The Morgan fingerprint density at radius 2 is 1.86 bits per heavy atom. The van der Waals surface area contributed by atoms with Crippen molar-refractivity contribution in [1.82, 2.24) is 15.1 Å². The van der Waals surface area contributed by atoms with Crippen LogP contribution >= 0.6 is 0 Å². The van der Waals surface area contributed by atoms with Crippen LogP contribution in [0.25, 0.3) is 0 Å². The summed E-state index contributed by atoms with van der Waals surface area (Å²) < 4.78 is 6.03. The van der Waals surface area contributed by atoms with Gasteiger partial charge in [-0.3, -0.25) is 4.90 Å². The number of nitrogens with one attached hydrogen (secondary N) is 1. The molecule has 2 amide bonds. The number of fused-ring (bicyclic) bond motifs is 2. The van der Waals surface area contributed by atoms with Crippen LogP contribution in [-0.4, -0.2) is 48.1 Å². The van der Waals surface area contributed by atoms with E-state index in [9.17, 15) is 4.79 Å². The van der Waals surface area contributed by atoms with Crippen LogP contribution in [0.3, 0.4) is 0 Å². The van der Waals surface area contributed by atoms with Crippen molar-refractivity contribution in [2.45, 2.75) is 44.8 Å². The third kappa shape index (κ3) is 3.97. The Bertz CT molecular complexity index is 891. The lowest BCUT2D eigenvalue weighted by Gasteiger charge is -2.33. The van der Waals surface area contributed by atoms with Crippen LogP contribution in [0.4, 0.5) is 4.79 Å². The summed E-state index contributed by atoms with van der Waals surface area (Å²) in [7, 11) is 0. The number of benzene rings is 2. The van der Waals surface area contributed by atoms with Crippen molar-refractivity contribution in [3.05, 3.63) is 64.7 Å². The van der Waals surface area contributed by atoms with Gasteiger partial charge in [0.15, 0.2) is 0 Å². The molecule has 2 aromatic carbocycles. The number of hydrogen-bond donors (Lipinski definition) is 1. The van der Waals surface area contributed by atoms with Crippen molar-refractivity contribution < 1.29 is 9.53 Å². The Morgan fingerprint density at radius 1 is 1.03 bits per heavy atom. The van der Waals surface area contributed by atoms with Crippen LogP contribution in [0, 0.1) is 0 Å². The Hall–Kier alpha value is -2.53. The molecule has 0 bridgehead atoms. The number of rotatable bonds is 3. The number of ether oxygens (including phenoxy) is 1. The summed E-state index contributed by atoms with van der Waals surface area (Å²) in [5.41, 5.74) is 5.22. The van der Waals surface area contributed by atoms with Crippen LogP contribution in [0.15, 0.2) is 42.5 Å². The normalized spacial score (nSPS) is 21.2.